The van der Waals surface area contributed by atoms with Crippen LogP contribution in [-0.4, -0.2) is 18.3 Å². The Morgan fingerprint density at radius 1 is 1.20 bits per heavy atom. The molecule has 0 unspecified atom stereocenters. The predicted molar refractivity (Wildman–Crippen MR) is 62.8 cm³/mol. The highest BCUT2D eigenvalue weighted by molar-refractivity contribution is 6.17. The maximum atomic E-state index is 13.5. The van der Waals surface area contributed by atoms with E-state index in [-0.39, 0.29) is 12.4 Å². The molecule has 20 heavy (non-hydrogen) atoms. The van der Waals surface area contributed by atoms with Crippen LogP contribution in [0.3, 0.4) is 0 Å². The van der Waals surface area contributed by atoms with Gasteiger partial charge in [-0.2, -0.15) is 0 Å². The monoisotopic (exact) mass is 310 g/mol. The Labute approximate surface area is 115 Å². The van der Waals surface area contributed by atoms with Crippen molar-refractivity contribution < 1.29 is 22.4 Å². The highest BCUT2D eigenvalue weighted by Crippen LogP contribution is 2.30. The summed E-state index contributed by atoms with van der Waals surface area (Å²) in [5.74, 6) is -8.91. The number of hydrogen-bond donors (Lipinski definition) is 1. The molecule has 0 atom stereocenters. The molecule has 5 nitrogen and oxygen atoms in total. The topological polar surface area (TPSA) is 77.9 Å². The highest BCUT2D eigenvalue weighted by Gasteiger charge is 2.28. The second-order valence-corrected chi connectivity index (χ2v) is 3.85. The standard InChI is InChI=1S/C10H7ClF4N4O/c11-2-1-3-17-10(20)4-5(12)7(14)9(18-19-16)8(15)6(4)13/h1-3H2,(H,17,20). The van der Waals surface area contributed by atoms with E-state index >= 15 is 0 Å². The van der Waals surface area contributed by atoms with Crippen molar-refractivity contribution in [2.75, 3.05) is 12.4 Å². The van der Waals surface area contributed by atoms with E-state index in [1.807, 2.05) is 10.2 Å². The van der Waals surface area contributed by atoms with Crippen molar-refractivity contribution >= 4 is 23.2 Å². The van der Waals surface area contributed by atoms with E-state index in [1.54, 1.807) is 0 Å². The van der Waals surface area contributed by atoms with Gasteiger partial charge in [0.25, 0.3) is 5.91 Å². The molecule has 0 bridgehead atoms. The van der Waals surface area contributed by atoms with E-state index < -0.39 is 40.4 Å². The van der Waals surface area contributed by atoms with Crippen LogP contribution in [0.5, 0.6) is 0 Å². The number of azide groups is 1. The molecule has 0 aliphatic heterocycles. The molecule has 0 aromatic heterocycles. The third-order valence-electron chi connectivity index (χ3n) is 2.21. The molecule has 0 fully saturated rings. The van der Waals surface area contributed by atoms with Gasteiger partial charge in [0.15, 0.2) is 23.3 Å². The first-order valence-corrected chi connectivity index (χ1v) is 5.74. The quantitative estimate of drug-likeness (QED) is 0.169. The number of nitrogens with one attached hydrogen (secondary N) is 1. The summed E-state index contributed by atoms with van der Waals surface area (Å²) in [6.45, 7) is -0.0252. The van der Waals surface area contributed by atoms with Gasteiger partial charge in [-0.05, 0) is 12.0 Å². The molecule has 1 N–H and O–H groups in total. The van der Waals surface area contributed by atoms with Crippen molar-refractivity contribution in [1.82, 2.24) is 5.32 Å². The van der Waals surface area contributed by atoms with Crippen LogP contribution in [-0.2, 0) is 0 Å². The van der Waals surface area contributed by atoms with Crippen LogP contribution in [0, 0.1) is 23.3 Å². The van der Waals surface area contributed by atoms with Crippen LogP contribution in [0.2, 0.25) is 0 Å². The van der Waals surface area contributed by atoms with Gasteiger partial charge in [0.1, 0.15) is 11.3 Å². The molecule has 0 spiro atoms. The molecule has 0 aliphatic carbocycles. The van der Waals surface area contributed by atoms with E-state index in [9.17, 15) is 22.4 Å². The maximum absolute atomic E-state index is 13.5. The second-order valence-electron chi connectivity index (χ2n) is 3.47. The zero-order valence-electron chi connectivity index (χ0n) is 9.76. The largest absolute Gasteiger partial charge is 0.352 e. The third-order valence-corrected chi connectivity index (χ3v) is 2.48. The van der Waals surface area contributed by atoms with Gasteiger partial charge in [-0.3, -0.25) is 4.79 Å². The van der Waals surface area contributed by atoms with Gasteiger partial charge >= 0.3 is 0 Å². The Kier molecular flexibility index (Phi) is 5.60. The first-order chi connectivity index (χ1) is 9.45. The third kappa shape index (κ3) is 3.12. The lowest BCUT2D eigenvalue weighted by Crippen LogP contribution is -2.27. The predicted octanol–water partition coefficient (Wildman–Crippen LogP) is 3.54. The summed E-state index contributed by atoms with van der Waals surface area (Å²) in [6.07, 6.45) is 0.304. The van der Waals surface area contributed by atoms with Gasteiger partial charge in [-0.25, -0.2) is 17.6 Å². The van der Waals surface area contributed by atoms with Crippen molar-refractivity contribution in [2.45, 2.75) is 6.42 Å². The molecular weight excluding hydrogens is 304 g/mol. The van der Waals surface area contributed by atoms with Crippen molar-refractivity contribution in [2.24, 2.45) is 5.11 Å². The van der Waals surface area contributed by atoms with Gasteiger partial charge in [-0.15, -0.1) is 11.6 Å². The van der Waals surface area contributed by atoms with Crippen molar-refractivity contribution in [1.29, 1.82) is 0 Å². The molecule has 0 aliphatic rings. The summed E-state index contributed by atoms with van der Waals surface area (Å²) >= 11 is 5.33. The van der Waals surface area contributed by atoms with Gasteiger partial charge in [0.2, 0.25) is 0 Å². The zero-order valence-corrected chi connectivity index (χ0v) is 10.5. The fourth-order valence-corrected chi connectivity index (χ4v) is 1.44. The summed E-state index contributed by atoms with van der Waals surface area (Å²) in [5.41, 5.74) is 5.16. The van der Waals surface area contributed by atoms with Crippen molar-refractivity contribution in [3.05, 3.63) is 39.3 Å². The van der Waals surface area contributed by atoms with Crippen LogP contribution in [0.25, 0.3) is 10.4 Å². The average Bonchev–Trinajstić information content (AvgIpc) is 2.42. The fourth-order valence-electron chi connectivity index (χ4n) is 1.31. The number of benzene rings is 1. The maximum Gasteiger partial charge on any atom is 0.257 e. The first kappa shape index (κ1) is 16.1. The Hall–Kier alpha value is -1.99. The Bertz CT molecular complexity index is 560. The molecular formula is C10H7ClF4N4O. The van der Waals surface area contributed by atoms with Crippen molar-refractivity contribution in [3.63, 3.8) is 0 Å². The Balaban J connectivity index is 3.28. The molecule has 0 saturated carbocycles. The Morgan fingerprint density at radius 3 is 2.20 bits per heavy atom. The van der Waals surface area contributed by atoms with Crippen molar-refractivity contribution in [3.8, 4) is 0 Å². The zero-order chi connectivity index (χ0) is 15.3. The normalized spacial score (nSPS) is 10.1. The first-order valence-electron chi connectivity index (χ1n) is 5.20. The SMILES string of the molecule is [N-]=[N+]=Nc1c(F)c(F)c(C(=O)NCCCCl)c(F)c1F. The molecule has 0 saturated heterocycles. The van der Waals surface area contributed by atoms with E-state index in [4.69, 9.17) is 17.1 Å². The molecule has 1 amide bonds. The molecule has 10 heteroatoms. The van der Waals surface area contributed by atoms with Crippen LogP contribution < -0.4 is 5.32 Å². The molecule has 108 valence electrons. The van der Waals surface area contributed by atoms with Crippen LogP contribution in [0.15, 0.2) is 5.11 Å². The van der Waals surface area contributed by atoms with E-state index in [1.165, 1.54) is 0 Å². The van der Waals surface area contributed by atoms with Gasteiger partial charge < -0.3 is 5.32 Å². The highest BCUT2D eigenvalue weighted by atomic mass is 35.5. The lowest BCUT2D eigenvalue weighted by molar-refractivity contribution is 0.0943. The van der Waals surface area contributed by atoms with E-state index in [2.05, 4.69) is 5.11 Å². The summed E-state index contributed by atoms with van der Waals surface area (Å²) in [4.78, 5) is 13.5. The summed E-state index contributed by atoms with van der Waals surface area (Å²) in [5, 5.41) is 4.55. The van der Waals surface area contributed by atoms with Gasteiger partial charge in [0, 0.05) is 17.3 Å². The van der Waals surface area contributed by atoms with E-state index in [0.717, 1.165) is 0 Å². The smallest absolute Gasteiger partial charge is 0.257 e. The minimum Gasteiger partial charge on any atom is -0.352 e. The number of carbonyl (C=O) groups is 1. The lowest BCUT2D eigenvalue weighted by Gasteiger charge is -2.09. The molecule has 1 aromatic carbocycles. The van der Waals surface area contributed by atoms with Crippen LogP contribution in [0.4, 0.5) is 23.2 Å². The minimum atomic E-state index is -1.94. The number of carbonyl (C=O) groups excluding carboxylic acids is 1. The fraction of sp³-hybridized carbons (Fsp3) is 0.300. The van der Waals surface area contributed by atoms with Gasteiger partial charge in [-0.1, -0.05) is 5.11 Å². The summed E-state index contributed by atoms with van der Waals surface area (Å²) < 4.78 is 53.9. The second kappa shape index (κ2) is 6.97. The number of rotatable bonds is 5. The van der Waals surface area contributed by atoms with Crippen LogP contribution >= 0.6 is 11.6 Å². The summed E-state index contributed by atoms with van der Waals surface area (Å²) in [7, 11) is 0. The lowest BCUT2D eigenvalue weighted by atomic mass is 10.1. The molecule has 0 heterocycles. The Morgan fingerprint density at radius 2 is 1.75 bits per heavy atom. The number of alkyl halides is 1. The van der Waals surface area contributed by atoms with E-state index in [0.29, 0.717) is 6.42 Å². The number of amides is 1. The van der Waals surface area contributed by atoms with Crippen LogP contribution in [0.1, 0.15) is 16.8 Å². The number of halogens is 5. The summed E-state index contributed by atoms with van der Waals surface area (Å²) in [6, 6.07) is 0. The molecule has 0 radical (unpaired) electrons. The van der Waals surface area contributed by atoms with Gasteiger partial charge in [0.05, 0.1) is 0 Å². The number of hydrogen-bond acceptors (Lipinski definition) is 2. The average molecular weight is 311 g/mol. The molecule has 1 rings (SSSR count). The molecule has 1 aromatic rings. The minimum absolute atomic E-state index is 0.0252. The number of nitrogens with zero attached hydrogens (tertiary/aromatic N) is 3.